The van der Waals surface area contributed by atoms with Crippen LogP contribution in [0.15, 0.2) is 42.5 Å². The maximum atomic E-state index is 4.30. The average molecular weight is 321 g/mol. The molecule has 124 valence electrons. The summed E-state index contributed by atoms with van der Waals surface area (Å²) >= 11 is 0. The maximum Gasteiger partial charge on any atom is 0.181 e. The topological polar surface area (TPSA) is 55.6 Å². The fourth-order valence-corrected chi connectivity index (χ4v) is 2.92. The van der Waals surface area contributed by atoms with Crippen LogP contribution >= 0.6 is 0 Å². The molecule has 0 unspecified atom stereocenters. The van der Waals surface area contributed by atoms with Crippen molar-refractivity contribution in [3.05, 3.63) is 65.0 Å². The van der Waals surface area contributed by atoms with Crippen LogP contribution in [0.3, 0.4) is 0 Å². The molecule has 0 aliphatic rings. The molecule has 5 heteroatoms. The average Bonchev–Trinajstić information content (AvgIpc) is 2.99. The Hall–Kier alpha value is -2.69. The summed E-state index contributed by atoms with van der Waals surface area (Å²) in [4.78, 5) is 0. The van der Waals surface area contributed by atoms with Crippen molar-refractivity contribution in [1.29, 1.82) is 0 Å². The molecule has 0 aliphatic carbocycles. The van der Waals surface area contributed by atoms with E-state index in [9.17, 15) is 0 Å². The lowest BCUT2D eigenvalue weighted by molar-refractivity contribution is 0.541. The zero-order chi connectivity index (χ0) is 17.3. The standard InChI is InChI=1S/C19H23N5/c1-13-9-11-16(12-10-13)20-19(4,5)18-21-22-23-24(18)17-14(2)7-6-8-15(17)3/h6-12,20H,1-5H3. The number of hydrogen-bond donors (Lipinski definition) is 1. The van der Waals surface area contributed by atoms with Gasteiger partial charge in [0.2, 0.25) is 0 Å². The van der Waals surface area contributed by atoms with Gasteiger partial charge in [0.25, 0.3) is 0 Å². The second-order valence-electron chi connectivity index (χ2n) is 6.77. The van der Waals surface area contributed by atoms with Gasteiger partial charge in [-0.05, 0) is 68.3 Å². The third kappa shape index (κ3) is 3.02. The van der Waals surface area contributed by atoms with Crippen LogP contribution in [0.4, 0.5) is 5.69 Å². The number of para-hydroxylation sites is 1. The Morgan fingerprint density at radius 3 is 2.17 bits per heavy atom. The molecular weight excluding hydrogens is 298 g/mol. The first-order chi connectivity index (χ1) is 11.4. The normalized spacial score (nSPS) is 11.5. The van der Waals surface area contributed by atoms with Crippen LogP contribution in [0, 0.1) is 20.8 Å². The first-order valence-corrected chi connectivity index (χ1v) is 8.09. The molecule has 1 heterocycles. The van der Waals surface area contributed by atoms with Crippen molar-refractivity contribution in [1.82, 2.24) is 20.2 Å². The lowest BCUT2D eigenvalue weighted by Crippen LogP contribution is -2.32. The van der Waals surface area contributed by atoms with Gasteiger partial charge in [0.05, 0.1) is 11.2 Å². The zero-order valence-electron chi connectivity index (χ0n) is 14.8. The van der Waals surface area contributed by atoms with Crippen LogP contribution in [-0.2, 0) is 5.54 Å². The van der Waals surface area contributed by atoms with Gasteiger partial charge in [-0.2, -0.15) is 4.68 Å². The number of aromatic nitrogens is 4. The number of tetrazole rings is 1. The van der Waals surface area contributed by atoms with E-state index in [1.54, 1.807) is 0 Å². The highest BCUT2D eigenvalue weighted by Crippen LogP contribution is 2.27. The van der Waals surface area contributed by atoms with Crippen molar-refractivity contribution in [3.8, 4) is 5.69 Å². The predicted molar refractivity (Wildman–Crippen MR) is 96.5 cm³/mol. The van der Waals surface area contributed by atoms with E-state index in [4.69, 9.17) is 0 Å². The highest BCUT2D eigenvalue weighted by Gasteiger charge is 2.29. The Labute approximate surface area is 142 Å². The Kier molecular flexibility index (Phi) is 4.09. The highest BCUT2D eigenvalue weighted by atomic mass is 15.6. The zero-order valence-corrected chi connectivity index (χ0v) is 14.8. The summed E-state index contributed by atoms with van der Waals surface area (Å²) in [5, 5.41) is 16.0. The molecule has 5 nitrogen and oxygen atoms in total. The number of nitrogens with one attached hydrogen (secondary N) is 1. The molecule has 3 rings (SSSR count). The minimum Gasteiger partial charge on any atom is -0.373 e. The summed E-state index contributed by atoms with van der Waals surface area (Å²) in [5.41, 5.74) is 5.19. The minimum atomic E-state index is -0.423. The van der Waals surface area contributed by atoms with Gasteiger partial charge in [0.15, 0.2) is 5.82 Å². The lowest BCUT2D eigenvalue weighted by atomic mass is 10.0. The molecule has 3 aromatic rings. The predicted octanol–water partition coefficient (Wildman–Crippen LogP) is 3.93. The number of rotatable bonds is 4. The number of nitrogens with zero attached hydrogens (tertiary/aromatic N) is 4. The maximum absolute atomic E-state index is 4.30. The van der Waals surface area contributed by atoms with Gasteiger partial charge in [-0.1, -0.05) is 35.9 Å². The van der Waals surface area contributed by atoms with Crippen LogP contribution < -0.4 is 5.32 Å². The Morgan fingerprint density at radius 1 is 0.917 bits per heavy atom. The van der Waals surface area contributed by atoms with Gasteiger partial charge in [0, 0.05) is 5.69 Å². The van der Waals surface area contributed by atoms with Crippen molar-refractivity contribution in [2.24, 2.45) is 0 Å². The van der Waals surface area contributed by atoms with Gasteiger partial charge in [-0.25, -0.2) is 0 Å². The van der Waals surface area contributed by atoms with Crippen molar-refractivity contribution >= 4 is 5.69 Å². The van der Waals surface area contributed by atoms with Crippen LogP contribution in [0.5, 0.6) is 0 Å². The van der Waals surface area contributed by atoms with Gasteiger partial charge >= 0.3 is 0 Å². The molecule has 1 N–H and O–H groups in total. The summed E-state index contributed by atoms with van der Waals surface area (Å²) in [5.74, 6) is 0.778. The Balaban J connectivity index is 2.01. The molecule has 2 aromatic carbocycles. The molecule has 0 atom stereocenters. The number of anilines is 1. The second kappa shape index (κ2) is 6.07. The number of aryl methyl sites for hydroxylation is 3. The van der Waals surface area contributed by atoms with Crippen LogP contribution in [0.25, 0.3) is 5.69 Å². The summed E-state index contributed by atoms with van der Waals surface area (Å²) in [6.45, 7) is 10.4. The van der Waals surface area contributed by atoms with Gasteiger partial charge < -0.3 is 5.32 Å². The van der Waals surface area contributed by atoms with Crippen LogP contribution in [0.2, 0.25) is 0 Å². The first-order valence-electron chi connectivity index (χ1n) is 8.09. The molecule has 0 amide bonds. The van der Waals surface area contributed by atoms with E-state index in [1.165, 1.54) is 5.56 Å². The minimum absolute atomic E-state index is 0.423. The Bertz CT molecular complexity index is 826. The van der Waals surface area contributed by atoms with E-state index < -0.39 is 5.54 Å². The number of benzene rings is 2. The quantitative estimate of drug-likeness (QED) is 0.791. The van der Waals surface area contributed by atoms with Crippen molar-refractivity contribution in [3.63, 3.8) is 0 Å². The van der Waals surface area contributed by atoms with Gasteiger partial charge in [0.1, 0.15) is 0 Å². The van der Waals surface area contributed by atoms with E-state index in [2.05, 4.69) is 91.9 Å². The summed E-state index contributed by atoms with van der Waals surface area (Å²) in [6.07, 6.45) is 0. The first kappa shape index (κ1) is 16.2. The number of hydrogen-bond acceptors (Lipinski definition) is 4. The SMILES string of the molecule is Cc1ccc(NC(C)(C)c2nnnn2-c2c(C)cccc2C)cc1. The molecule has 1 aromatic heterocycles. The molecule has 0 aliphatic heterocycles. The van der Waals surface area contributed by atoms with Crippen molar-refractivity contribution < 1.29 is 0 Å². The van der Waals surface area contributed by atoms with Crippen molar-refractivity contribution in [2.45, 2.75) is 40.2 Å². The van der Waals surface area contributed by atoms with E-state index in [0.29, 0.717) is 0 Å². The highest BCUT2D eigenvalue weighted by molar-refractivity contribution is 5.50. The molecule has 0 radical (unpaired) electrons. The molecular formula is C19H23N5. The second-order valence-corrected chi connectivity index (χ2v) is 6.77. The fraction of sp³-hybridized carbons (Fsp3) is 0.316. The van der Waals surface area contributed by atoms with E-state index in [0.717, 1.165) is 28.3 Å². The molecule has 0 fully saturated rings. The Morgan fingerprint density at radius 2 is 1.54 bits per heavy atom. The molecule has 0 spiro atoms. The van der Waals surface area contributed by atoms with E-state index in [1.807, 2.05) is 10.7 Å². The largest absolute Gasteiger partial charge is 0.373 e. The summed E-state index contributed by atoms with van der Waals surface area (Å²) in [6, 6.07) is 14.5. The monoisotopic (exact) mass is 321 g/mol. The van der Waals surface area contributed by atoms with E-state index >= 15 is 0 Å². The molecule has 0 bridgehead atoms. The van der Waals surface area contributed by atoms with E-state index in [-0.39, 0.29) is 0 Å². The fourth-order valence-electron chi connectivity index (χ4n) is 2.92. The summed E-state index contributed by atoms with van der Waals surface area (Å²) in [7, 11) is 0. The molecule has 24 heavy (non-hydrogen) atoms. The lowest BCUT2D eigenvalue weighted by Gasteiger charge is -2.27. The van der Waals surface area contributed by atoms with Crippen LogP contribution in [0.1, 0.15) is 36.4 Å². The molecule has 0 saturated carbocycles. The van der Waals surface area contributed by atoms with Crippen molar-refractivity contribution in [2.75, 3.05) is 5.32 Å². The smallest absolute Gasteiger partial charge is 0.181 e. The van der Waals surface area contributed by atoms with Gasteiger partial charge in [-0.3, -0.25) is 0 Å². The van der Waals surface area contributed by atoms with Gasteiger partial charge in [-0.15, -0.1) is 5.10 Å². The summed E-state index contributed by atoms with van der Waals surface area (Å²) < 4.78 is 1.84. The third-order valence-electron chi connectivity index (χ3n) is 4.19. The third-order valence-corrected chi connectivity index (χ3v) is 4.19. The molecule has 0 saturated heterocycles. The van der Waals surface area contributed by atoms with Crippen LogP contribution in [-0.4, -0.2) is 20.2 Å².